The van der Waals surface area contributed by atoms with E-state index in [0.29, 0.717) is 41.5 Å². The van der Waals surface area contributed by atoms with E-state index in [1.54, 1.807) is 25.2 Å². The summed E-state index contributed by atoms with van der Waals surface area (Å²) in [5.74, 6) is 0.984. The molecule has 202 valence electrons. The number of urea groups is 1. The van der Waals surface area contributed by atoms with Crippen molar-refractivity contribution in [2.24, 2.45) is 0 Å². The number of nitrogens with zero attached hydrogens (tertiary/aromatic N) is 2. The maximum Gasteiger partial charge on any atom is 0.319 e. The van der Waals surface area contributed by atoms with Crippen LogP contribution < -0.4 is 20.1 Å². The highest BCUT2D eigenvalue weighted by atomic mass is 19.3. The van der Waals surface area contributed by atoms with Gasteiger partial charge < -0.3 is 20.1 Å². The van der Waals surface area contributed by atoms with Crippen molar-refractivity contribution < 1.29 is 23.0 Å². The van der Waals surface area contributed by atoms with Crippen molar-refractivity contribution in [1.82, 2.24) is 15.2 Å². The summed E-state index contributed by atoms with van der Waals surface area (Å²) in [5.41, 5.74) is 3.61. The normalized spacial score (nSPS) is 17.4. The summed E-state index contributed by atoms with van der Waals surface area (Å²) < 4.78 is 37.2. The van der Waals surface area contributed by atoms with Crippen molar-refractivity contribution >= 4 is 22.6 Å². The number of likely N-dealkylation sites (tertiary alicyclic amines) is 1. The van der Waals surface area contributed by atoms with Gasteiger partial charge in [-0.05, 0) is 17.7 Å². The van der Waals surface area contributed by atoms with E-state index in [1.165, 1.54) is 0 Å². The second-order valence-corrected chi connectivity index (χ2v) is 9.48. The Morgan fingerprint density at radius 2 is 1.64 bits per heavy atom. The van der Waals surface area contributed by atoms with Crippen molar-refractivity contribution in [2.75, 3.05) is 39.2 Å². The van der Waals surface area contributed by atoms with Gasteiger partial charge in [-0.1, -0.05) is 60.7 Å². The number of hydrogen-bond acceptors (Lipinski definition) is 5. The molecule has 2 atom stereocenters. The fourth-order valence-electron chi connectivity index (χ4n) is 5.15. The van der Waals surface area contributed by atoms with E-state index < -0.39 is 12.5 Å². The van der Waals surface area contributed by atoms with Crippen molar-refractivity contribution in [1.29, 1.82) is 0 Å². The third-order valence-electron chi connectivity index (χ3n) is 6.95. The van der Waals surface area contributed by atoms with Crippen molar-refractivity contribution in [3.8, 4) is 22.8 Å². The maximum atomic E-state index is 13.4. The minimum atomic E-state index is -2.44. The second-order valence-electron chi connectivity index (χ2n) is 9.48. The van der Waals surface area contributed by atoms with Crippen LogP contribution in [0.1, 0.15) is 11.5 Å². The molecule has 0 aliphatic carbocycles. The monoisotopic (exact) mass is 532 g/mol. The van der Waals surface area contributed by atoms with Crippen LogP contribution in [0.3, 0.4) is 0 Å². The number of aromatic nitrogens is 1. The van der Waals surface area contributed by atoms with E-state index in [9.17, 15) is 13.6 Å². The van der Waals surface area contributed by atoms with Crippen LogP contribution in [0.5, 0.6) is 11.5 Å². The van der Waals surface area contributed by atoms with E-state index in [0.717, 1.165) is 16.5 Å². The maximum absolute atomic E-state index is 13.4. The van der Waals surface area contributed by atoms with Gasteiger partial charge in [-0.15, -0.1) is 0 Å². The highest BCUT2D eigenvalue weighted by Gasteiger charge is 2.36. The number of carbonyl (C=O) groups is 1. The Morgan fingerprint density at radius 1 is 0.974 bits per heavy atom. The van der Waals surface area contributed by atoms with Gasteiger partial charge in [0.1, 0.15) is 0 Å². The Morgan fingerprint density at radius 3 is 2.31 bits per heavy atom. The van der Waals surface area contributed by atoms with Crippen LogP contribution in [0.15, 0.2) is 78.9 Å². The molecule has 1 fully saturated rings. The summed E-state index contributed by atoms with van der Waals surface area (Å²) in [6, 6.07) is 23.9. The number of rotatable bonds is 8. The molecule has 1 aromatic heterocycles. The molecule has 5 rings (SSSR count). The Balaban J connectivity index is 1.45. The minimum absolute atomic E-state index is 0.115. The number of nitrogens with one attached hydrogen (secondary N) is 2. The van der Waals surface area contributed by atoms with Crippen LogP contribution in [-0.4, -0.2) is 62.2 Å². The van der Waals surface area contributed by atoms with Gasteiger partial charge in [0.2, 0.25) is 0 Å². The van der Waals surface area contributed by atoms with Gasteiger partial charge in [0, 0.05) is 36.0 Å². The first-order valence-corrected chi connectivity index (χ1v) is 12.7. The number of ether oxygens (including phenoxy) is 2. The number of alkyl halides is 2. The molecule has 1 aliphatic rings. The summed E-state index contributed by atoms with van der Waals surface area (Å²) in [5, 5.41) is 6.77. The molecule has 2 N–H and O–H groups in total. The quantitative estimate of drug-likeness (QED) is 0.301. The Labute approximate surface area is 225 Å². The largest absolute Gasteiger partial charge is 0.493 e. The molecule has 0 spiro atoms. The van der Waals surface area contributed by atoms with Crippen molar-refractivity contribution in [3.05, 3.63) is 84.4 Å². The lowest BCUT2D eigenvalue weighted by molar-refractivity contribution is 0.0983. The number of methoxy groups -OCH3 is 2. The molecule has 0 radical (unpaired) electrons. The lowest BCUT2D eigenvalue weighted by atomic mass is 9.94. The molecule has 9 heteroatoms. The minimum Gasteiger partial charge on any atom is -0.493 e. The fourth-order valence-corrected chi connectivity index (χ4v) is 5.15. The molecule has 1 saturated heterocycles. The Kier molecular flexibility index (Phi) is 7.88. The Bertz CT molecular complexity index is 1440. The van der Waals surface area contributed by atoms with E-state index >= 15 is 0 Å². The molecule has 4 aromatic rings. The summed E-state index contributed by atoms with van der Waals surface area (Å²) >= 11 is 0. The third-order valence-corrected chi connectivity index (χ3v) is 6.95. The number of carbonyl (C=O) groups excluding carboxylic acids is 1. The lowest BCUT2D eigenvalue weighted by Crippen LogP contribution is -2.42. The average Bonchev–Trinajstić information content (AvgIpc) is 3.33. The zero-order valence-corrected chi connectivity index (χ0v) is 21.7. The molecular weight excluding hydrogens is 502 g/mol. The van der Waals surface area contributed by atoms with Gasteiger partial charge in [0.15, 0.2) is 11.5 Å². The highest BCUT2D eigenvalue weighted by molar-refractivity contribution is 5.98. The summed E-state index contributed by atoms with van der Waals surface area (Å²) in [6.45, 7) is 0.435. The molecule has 1 aliphatic heterocycles. The van der Waals surface area contributed by atoms with E-state index in [4.69, 9.17) is 14.5 Å². The zero-order valence-electron chi connectivity index (χ0n) is 21.7. The van der Waals surface area contributed by atoms with Crippen LogP contribution >= 0.6 is 0 Å². The zero-order chi connectivity index (χ0) is 27.4. The molecule has 2 amide bonds. The molecular formula is C30H30F2N4O3. The van der Waals surface area contributed by atoms with Gasteiger partial charge in [-0.25, -0.2) is 18.6 Å². The van der Waals surface area contributed by atoms with Crippen molar-refractivity contribution in [2.45, 2.75) is 18.4 Å². The van der Waals surface area contributed by atoms with E-state index in [-0.39, 0.29) is 18.5 Å². The van der Waals surface area contributed by atoms with Gasteiger partial charge in [0.25, 0.3) is 6.43 Å². The first-order chi connectivity index (χ1) is 18.9. The molecule has 39 heavy (non-hydrogen) atoms. The Hall–Kier alpha value is -4.24. The fraction of sp³-hybridized carbons (Fsp3) is 0.267. The van der Waals surface area contributed by atoms with Crippen LogP contribution in [0.25, 0.3) is 22.2 Å². The number of anilines is 1. The molecule has 0 unspecified atom stereocenters. The topological polar surface area (TPSA) is 75.7 Å². The van der Waals surface area contributed by atoms with Crippen LogP contribution in [0, 0.1) is 0 Å². The number of amides is 2. The predicted octanol–water partition coefficient (Wildman–Crippen LogP) is 5.77. The van der Waals surface area contributed by atoms with Crippen LogP contribution in [0.2, 0.25) is 0 Å². The second kappa shape index (κ2) is 11.7. The van der Waals surface area contributed by atoms with E-state index in [1.807, 2.05) is 72.8 Å². The van der Waals surface area contributed by atoms with Gasteiger partial charge in [-0.3, -0.25) is 4.90 Å². The highest BCUT2D eigenvalue weighted by Crippen LogP contribution is 2.36. The van der Waals surface area contributed by atoms with Gasteiger partial charge in [-0.2, -0.15) is 0 Å². The number of benzene rings is 3. The van der Waals surface area contributed by atoms with Crippen LogP contribution in [-0.2, 0) is 0 Å². The lowest BCUT2D eigenvalue weighted by Gasteiger charge is -2.21. The first-order valence-electron chi connectivity index (χ1n) is 12.7. The number of pyridine rings is 1. The van der Waals surface area contributed by atoms with Gasteiger partial charge >= 0.3 is 6.03 Å². The van der Waals surface area contributed by atoms with Crippen molar-refractivity contribution in [3.63, 3.8) is 0 Å². The number of halogens is 2. The average molecular weight is 533 g/mol. The molecule has 2 heterocycles. The van der Waals surface area contributed by atoms with E-state index in [2.05, 4.69) is 10.6 Å². The molecule has 0 bridgehead atoms. The molecule has 0 saturated carbocycles. The first kappa shape index (κ1) is 26.4. The van der Waals surface area contributed by atoms with Gasteiger partial charge in [0.05, 0.1) is 43.7 Å². The summed E-state index contributed by atoms with van der Waals surface area (Å²) in [7, 11) is 3.13. The molecule has 3 aromatic carbocycles. The summed E-state index contributed by atoms with van der Waals surface area (Å²) in [6.07, 6.45) is -2.44. The SMILES string of the molecule is COc1cc2cc(NC(=O)N[C@@H]3CN(CC(F)F)C[C@H]3c3ccccc3)c(-c3ccccc3)nc2cc1OC. The number of fused-ring (bicyclic) bond motifs is 1. The molecule has 7 nitrogen and oxygen atoms in total. The van der Waals surface area contributed by atoms with Crippen LogP contribution in [0.4, 0.5) is 19.3 Å². The third kappa shape index (κ3) is 5.93. The standard InChI is InChI=1S/C30H30F2N4O3/c1-38-26-14-21-13-24(29(20-11-7-4-8-12-20)33-23(21)15-27(26)39-2)34-30(37)35-25-17-36(18-28(31)32)16-22(25)19-9-5-3-6-10-19/h3-15,22,25,28H,16-18H2,1-2H3,(H2,34,35,37)/t22-,25+/m0/s1. The smallest absolute Gasteiger partial charge is 0.319 e. The number of hydrogen-bond donors (Lipinski definition) is 2. The summed E-state index contributed by atoms with van der Waals surface area (Å²) in [4.78, 5) is 19.9. The predicted molar refractivity (Wildman–Crippen MR) is 148 cm³/mol.